The van der Waals surface area contributed by atoms with E-state index in [2.05, 4.69) is 30.4 Å². The molecule has 0 radical (unpaired) electrons. The Morgan fingerprint density at radius 3 is 2.60 bits per heavy atom. The van der Waals surface area contributed by atoms with Gasteiger partial charge in [0, 0.05) is 31.1 Å². The summed E-state index contributed by atoms with van der Waals surface area (Å²) in [6.07, 6.45) is 6.21. The smallest absolute Gasteiger partial charge is 0.119 e. The second-order valence-corrected chi connectivity index (χ2v) is 5.04. The summed E-state index contributed by atoms with van der Waals surface area (Å²) in [5, 5.41) is 4.30. The molecular weight excluding hydrogens is 252 g/mol. The largest absolute Gasteiger partial charge is 0.490 e. The van der Waals surface area contributed by atoms with Gasteiger partial charge >= 0.3 is 0 Å². The molecule has 0 atom stereocenters. The normalized spacial score (nSPS) is 16.2. The number of benzene rings is 1. The standard InChI is InChI=1S/C16H20N2O2/c1-2-18-12-14(11-17-18)13-3-5-15(6-4-13)20-16-7-9-19-10-8-16/h3-6,11-12,16H,2,7-10H2,1H3. The van der Waals surface area contributed by atoms with Crippen LogP contribution in [0.3, 0.4) is 0 Å². The summed E-state index contributed by atoms with van der Waals surface area (Å²) < 4.78 is 13.2. The first-order valence-corrected chi connectivity index (χ1v) is 7.22. The summed E-state index contributed by atoms with van der Waals surface area (Å²) in [6, 6.07) is 8.25. The van der Waals surface area contributed by atoms with E-state index in [4.69, 9.17) is 9.47 Å². The molecule has 0 unspecified atom stereocenters. The highest BCUT2D eigenvalue weighted by atomic mass is 16.5. The van der Waals surface area contributed by atoms with Crippen molar-refractivity contribution >= 4 is 0 Å². The van der Waals surface area contributed by atoms with E-state index >= 15 is 0 Å². The zero-order valence-corrected chi connectivity index (χ0v) is 11.8. The fraction of sp³-hybridized carbons (Fsp3) is 0.438. The van der Waals surface area contributed by atoms with E-state index in [1.807, 2.05) is 23.0 Å². The van der Waals surface area contributed by atoms with Crippen molar-refractivity contribution in [3.8, 4) is 16.9 Å². The van der Waals surface area contributed by atoms with Crippen molar-refractivity contribution < 1.29 is 9.47 Å². The minimum atomic E-state index is 0.289. The third-order valence-electron chi connectivity index (χ3n) is 3.62. The van der Waals surface area contributed by atoms with Gasteiger partial charge in [-0.1, -0.05) is 12.1 Å². The van der Waals surface area contributed by atoms with E-state index in [1.54, 1.807) is 0 Å². The second kappa shape index (κ2) is 6.09. The minimum Gasteiger partial charge on any atom is -0.490 e. The Bertz CT molecular complexity index is 542. The van der Waals surface area contributed by atoms with Gasteiger partial charge in [0.15, 0.2) is 0 Å². The molecule has 0 N–H and O–H groups in total. The molecule has 1 fully saturated rings. The molecule has 0 aliphatic carbocycles. The van der Waals surface area contributed by atoms with Gasteiger partial charge in [-0.2, -0.15) is 5.10 Å². The lowest BCUT2D eigenvalue weighted by atomic mass is 10.1. The van der Waals surface area contributed by atoms with Gasteiger partial charge in [0.1, 0.15) is 11.9 Å². The van der Waals surface area contributed by atoms with Gasteiger partial charge < -0.3 is 9.47 Å². The molecule has 1 aromatic carbocycles. The highest BCUT2D eigenvalue weighted by molar-refractivity contribution is 5.62. The first kappa shape index (κ1) is 13.2. The zero-order chi connectivity index (χ0) is 13.8. The van der Waals surface area contributed by atoms with Crippen molar-refractivity contribution in [3.05, 3.63) is 36.7 Å². The number of rotatable bonds is 4. The quantitative estimate of drug-likeness (QED) is 0.858. The predicted molar refractivity (Wildman–Crippen MR) is 77.8 cm³/mol. The fourth-order valence-electron chi connectivity index (χ4n) is 2.40. The van der Waals surface area contributed by atoms with Crippen LogP contribution < -0.4 is 4.74 Å². The maximum atomic E-state index is 5.97. The molecule has 1 aliphatic heterocycles. The molecule has 1 saturated heterocycles. The maximum absolute atomic E-state index is 5.97. The van der Waals surface area contributed by atoms with E-state index in [-0.39, 0.29) is 6.10 Å². The van der Waals surface area contributed by atoms with Gasteiger partial charge in [-0.25, -0.2) is 0 Å². The Morgan fingerprint density at radius 2 is 1.95 bits per heavy atom. The molecule has 0 bridgehead atoms. The molecule has 0 amide bonds. The van der Waals surface area contributed by atoms with Crippen LogP contribution in [0.4, 0.5) is 0 Å². The van der Waals surface area contributed by atoms with Crippen LogP contribution in [-0.4, -0.2) is 29.1 Å². The van der Waals surface area contributed by atoms with Crippen LogP contribution >= 0.6 is 0 Å². The molecule has 4 heteroatoms. The number of hydrogen-bond donors (Lipinski definition) is 0. The molecule has 1 aromatic heterocycles. The lowest BCUT2D eigenvalue weighted by molar-refractivity contribution is 0.0256. The summed E-state index contributed by atoms with van der Waals surface area (Å²) in [5.74, 6) is 0.934. The molecule has 106 valence electrons. The van der Waals surface area contributed by atoms with E-state index in [0.717, 1.165) is 43.9 Å². The highest BCUT2D eigenvalue weighted by Gasteiger charge is 2.15. The van der Waals surface area contributed by atoms with Crippen molar-refractivity contribution in [2.75, 3.05) is 13.2 Å². The summed E-state index contributed by atoms with van der Waals surface area (Å²) >= 11 is 0. The Balaban J connectivity index is 1.67. The third kappa shape index (κ3) is 3.02. The Labute approximate surface area is 119 Å². The lowest BCUT2D eigenvalue weighted by Gasteiger charge is -2.23. The van der Waals surface area contributed by atoms with Gasteiger partial charge in [0.05, 0.1) is 19.4 Å². The monoisotopic (exact) mass is 272 g/mol. The Kier molecular flexibility index (Phi) is 4.02. The van der Waals surface area contributed by atoms with Crippen molar-refractivity contribution in [1.82, 2.24) is 9.78 Å². The first-order valence-electron chi connectivity index (χ1n) is 7.22. The molecule has 1 aliphatic rings. The predicted octanol–water partition coefficient (Wildman–Crippen LogP) is 3.13. The van der Waals surface area contributed by atoms with Crippen LogP contribution in [0.15, 0.2) is 36.7 Å². The number of ether oxygens (including phenoxy) is 2. The average Bonchev–Trinajstić information content (AvgIpc) is 2.98. The molecule has 0 spiro atoms. The number of nitrogens with zero attached hydrogens (tertiary/aromatic N) is 2. The molecule has 0 saturated carbocycles. The Morgan fingerprint density at radius 1 is 1.20 bits per heavy atom. The van der Waals surface area contributed by atoms with Gasteiger partial charge in [0.25, 0.3) is 0 Å². The van der Waals surface area contributed by atoms with Crippen LogP contribution in [0.25, 0.3) is 11.1 Å². The SMILES string of the molecule is CCn1cc(-c2ccc(OC3CCOCC3)cc2)cn1. The highest BCUT2D eigenvalue weighted by Crippen LogP contribution is 2.24. The molecule has 20 heavy (non-hydrogen) atoms. The molecule has 4 nitrogen and oxygen atoms in total. The van der Waals surface area contributed by atoms with Crippen LogP contribution in [0.2, 0.25) is 0 Å². The topological polar surface area (TPSA) is 36.3 Å². The third-order valence-corrected chi connectivity index (χ3v) is 3.62. The summed E-state index contributed by atoms with van der Waals surface area (Å²) in [7, 11) is 0. The summed E-state index contributed by atoms with van der Waals surface area (Å²) in [5.41, 5.74) is 2.31. The van der Waals surface area contributed by atoms with Gasteiger partial charge in [0.2, 0.25) is 0 Å². The van der Waals surface area contributed by atoms with Crippen LogP contribution in [0.5, 0.6) is 5.75 Å². The van der Waals surface area contributed by atoms with Crippen LogP contribution in [-0.2, 0) is 11.3 Å². The second-order valence-electron chi connectivity index (χ2n) is 5.04. The van der Waals surface area contributed by atoms with Crippen LogP contribution in [0.1, 0.15) is 19.8 Å². The molecule has 2 heterocycles. The summed E-state index contributed by atoms with van der Waals surface area (Å²) in [4.78, 5) is 0. The van der Waals surface area contributed by atoms with E-state index in [1.165, 1.54) is 5.56 Å². The van der Waals surface area contributed by atoms with Crippen molar-refractivity contribution in [3.63, 3.8) is 0 Å². The number of hydrogen-bond acceptors (Lipinski definition) is 3. The number of aryl methyl sites for hydroxylation is 1. The van der Waals surface area contributed by atoms with Gasteiger partial charge in [-0.3, -0.25) is 4.68 Å². The van der Waals surface area contributed by atoms with Crippen molar-refractivity contribution in [2.45, 2.75) is 32.4 Å². The zero-order valence-electron chi connectivity index (χ0n) is 11.8. The van der Waals surface area contributed by atoms with E-state index in [0.29, 0.717) is 0 Å². The lowest BCUT2D eigenvalue weighted by Crippen LogP contribution is -2.25. The molecule has 2 aromatic rings. The Hall–Kier alpha value is -1.81. The number of aromatic nitrogens is 2. The average molecular weight is 272 g/mol. The first-order chi connectivity index (χ1) is 9.85. The summed E-state index contributed by atoms with van der Waals surface area (Å²) in [6.45, 7) is 4.59. The van der Waals surface area contributed by atoms with E-state index in [9.17, 15) is 0 Å². The van der Waals surface area contributed by atoms with Gasteiger partial charge in [-0.15, -0.1) is 0 Å². The van der Waals surface area contributed by atoms with Crippen molar-refractivity contribution in [1.29, 1.82) is 0 Å². The van der Waals surface area contributed by atoms with Gasteiger partial charge in [-0.05, 0) is 24.6 Å². The molecular formula is C16H20N2O2. The molecule has 3 rings (SSSR count). The van der Waals surface area contributed by atoms with Crippen molar-refractivity contribution in [2.24, 2.45) is 0 Å². The maximum Gasteiger partial charge on any atom is 0.119 e. The van der Waals surface area contributed by atoms with Crippen LogP contribution in [0, 0.1) is 0 Å². The minimum absolute atomic E-state index is 0.289. The van der Waals surface area contributed by atoms with E-state index < -0.39 is 0 Å². The fourth-order valence-corrected chi connectivity index (χ4v) is 2.40.